The summed E-state index contributed by atoms with van der Waals surface area (Å²) in [6, 6.07) is 0. The molecule has 4 aliphatic carbocycles. The van der Waals surface area contributed by atoms with Crippen LogP contribution in [0.3, 0.4) is 0 Å². The third-order valence-electron chi connectivity index (χ3n) is 5.32. The van der Waals surface area contributed by atoms with E-state index in [1.165, 1.54) is 0 Å². The Bertz CT molecular complexity index is 464. The highest BCUT2D eigenvalue weighted by Gasteiger charge is 2.89. The van der Waals surface area contributed by atoms with Crippen LogP contribution in [-0.4, -0.2) is 26.0 Å². The highest BCUT2D eigenvalue weighted by molar-refractivity contribution is 5.12. The number of rotatable bonds is 3. The molecule has 2 atom stereocenters. The zero-order chi connectivity index (χ0) is 14.0. The lowest BCUT2D eigenvalue weighted by atomic mass is 9.48. The number of nitrogens with zero attached hydrogens (tertiary/aromatic N) is 3. The van der Waals surface area contributed by atoms with Gasteiger partial charge in [0, 0.05) is 17.8 Å². The maximum atomic E-state index is 11.5. The lowest BCUT2D eigenvalue weighted by Crippen LogP contribution is -2.77. The Hall–Kier alpha value is -1.80. The number of hydrogen-bond donors (Lipinski definition) is 0. The summed E-state index contributed by atoms with van der Waals surface area (Å²) in [6.07, 6.45) is 1.49. The molecule has 2 unspecified atom stereocenters. The second-order valence-corrected chi connectivity index (χ2v) is 6.07. The van der Waals surface area contributed by atoms with Crippen LogP contribution in [0.5, 0.6) is 0 Å². The van der Waals surface area contributed by atoms with Crippen LogP contribution in [0.1, 0.15) is 32.1 Å². The molecule has 0 aliphatic heterocycles. The van der Waals surface area contributed by atoms with E-state index in [1.54, 1.807) is 0 Å². The molecule has 0 saturated heterocycles. The van der Waals surface area contributed by atoms with E-state index in [0.29, 0.717) is 12.8 Å². The number of hydrogen-bond acceptors (Lipinski definition) is 6. The molecule has 0 spiro atoms. The van der Waals surface area contributed by atoms with Gasteiger partial charge in [0.1, 0.15) is 15.8 Å². The van der Waals surface area contributed by atoms with Crippen molar-refractivity contribution in [3.63, 3.8) is 0 Å². The molecular weight excluding hydrogens is 258 g/mol. The molecule has 104 valence electrons. The van der Waals surface area contributed by atoms with Gasteiger partial charge in [0.25, 0.3) is 0 Å². The molecule has 4 saturated carbocycles. The third-order valence-corrected chi connectivity index (χ3v) is 5.32. The van der Waals surface area contributed by atoms with E-state index in [1.807, 2.05) is 0 Å². The van der Waals surface area contributed by atoms with Gasteiger partial charge in [-0.15, -0.1) is 0 Å². The maximum absolute atomic E-state index is 11.5. The molecule has 4 fully saturated rings. The van der Waals surface area contributed by atoms with Gasteiger partial charge >= 0.3 is 11.2 Å². The van der Waals surface area contributed by atoms with Gasteiger partial charge in [0.05, 0.1) is 0 Å². The van der Waals surface area contributed by atoms with E-state index in [0.717, 1.165) is 6.42 Å². The lowest BCUT2D eigenvalue weighted by molar-refractivity contribution is -0.870. The SMILES string of the molecule is O=[N+]([O-])C12CC3CC(CC(C3)C1([N+](=O)[O-])[N+](=O)[O-])C2. The van der Waals surface area contributed by atoms with Crippen molar-refractivity contribution in [3.05, 3.63) is 30.3 Å². The summed E-state index contributed by atoms with van der Waals surface area (Å²) in [6.45, 7) is 0. The van der Waals surface area contributed by atoms with Gasteiger partial charge in [-0.3, -0.25) is 30.3 Å². The van der Waals surface area contributed by atoms with E-state index in [2.05, 4.69) is 0 Å². The summed E-state index contributed by atoms with van der Waals surface area (Å²) < 4.78 is 0. The molecule has 9 heteroatoms. The molecular formula is C10H13N3O6. The van der Waals surface area contributed by atoms with Gasteiger partial charge in [-0.2, -0.15) is 0 Å². The molecule has 4 aliphatic rings. The summed E-state index contributed by atoms with van der Waals surface area (Å²) in [5, 5.41) is 34.3. The first-order valence-corrected chi connectivity index (χ1v) is 6.28. The second-order valence-electron chi connectivity index (χ2n) is 6.07. The molecule has 0 heterocycles. The summed E-state index contributed by atoms with van der Waals surface area (Å²) >= 11 is 0. The van der Waals surface area contributed by atoms with Gasteiger partial charge in [-0.25, -0.2) is 0 Å². The standard InChI is InChI=1S/C10H13N3O6/c14-11(15)9-4-6-1-7(5-9)3-8(2-6)10(9,12(16)17)13(18)19/h6-8H,1-5H2. The minimum absolute atomic E-state index is 0.0240. The van der Waals surface area contributed by atoms with Crippen LogP contribution in [0.15, 0.2) is 0 Å². The highest BCUT2D eigenvalue weighted by Crippen LogP contribution is 2.62. The molecule has 0 aromatic carbocycles. The Morgan fingerprint density at radius 3 is 1.63 bits per heavy atom. The van der Waals surface area contributed by atoms with Crippen molar-refractivity contribution in [2.45, 2.75) is 43.3 Å². The Balaban J connectivity index is 2.23. The van der Waals surface area contributed by atoms with E-state index >= 15 is 0 Å². The largest absolute Gasteiger partial charge is 0.527 e. The van der Waals surface area contributed by atoms with Gasteiger partial charge in [0.2, 0.25) is 0 Å². The second kappa shape index (κ2) is 3.40. The van der Waals surface area contributed by atoms with Crippen molar-refractivity contribution in [3.8, 4) is 0 Å². The summed E-state index contributed by atoms with van der Waals surface area (Å²) in [7, 11) is 0. The van der Waals surface area contributed by atoms with Crippen LogP contribution in [-0.2, 0) is 0 Å². The Kier molecular flexibility index (Phi) is 2.19. The molecule has 0 N–H and O–H groups in total. The molecule has 4 bridgehead atoms. The Morgan fingerprint density at radius 2 is 1.26 bits per heavy atom. The quantitative estimate of drug-likeness (QED) is 0.429. The normalized spacial score (nSPS) is 42.0. The predicted octanol–water partition coefficient (Wildman–Crippen LogP) is 1.09. The topological polar surface area (TPSA) is 129 Å². The van der Waals surface area contributed by atoms with Crippen molar-refractivity contribution in [1.29, 1.82) is 0 Å². The van der Waals surface area contributed by atoms with Crippen LogP contribution in [0.25, 0.3) is 0 Å². The molecule has 9 nitrogen and oxygen atoms in total. The molecule has 4 rings (SSSR count). The van der Waals surface area contributed by atoms with Crippen LogP contribution < -0.4 is 0 Å². The van der Waals surface area contributed by atoms with Crippen LogP contribution in [0, 0.1) is 48.1 Å². The smallest absolute Gasteiger partial charge is 0.263 e. The van der Waals surface area contributed by atoms with Crippen molar-refractivity contribution >= 4 is 0 Å². The maximum Gasteiger partial charge on any atom is 0.527 e. The molecule has 19 heavy (non-hydrogen) atoms. The summed E-state index contributed by atoms with van der Waals surface area (Å²) in [5.41, 5.74) is -4.65. The van der Waals surface area contributed by atoms with Crippen LogP contribution >= 0.6 is 0 Å². The fraction of sp³-hybridized carbons (Fsp3) is 1.00. The van der Waals surface area contributed by atoms with Gasteiger partial charge in [-0.05, 0) is 31.1 Å². The summed E-state index contributed by atoms with van der Waals surface area (Å²) in [5.74, 6) is -0.763. The van der Waals surface area contributed by atoms with E-state index in [-0.39, 0.29) is 24.7 Å². The van der Waals surface area contributed by atoms with E-state index in [9.17, 15) is 30.3 Å². The average Bonchev–Trinajstić information content (AvgIpc) is 2.26. The third kappa shape index (κ3) is 1.15. The molecule has 0 aromatic heterocycles. The predicted molar refractivity (Wildman–Crippen MR) is 60.0 cm³/mol. The van der Waals surface area contributed by atoms with Gasteiger partial charge < -0.3 is 0 Å². The van der Waals surface area contributed by atoms with Crippen molar-refractivity contribution in [2.24, 2.45) is 17.8 Å². The molecule has 0 amide bonds. The minimum atomic E-state index is -2.64. The lowest BCUT2D eigenvalue weighted by Gasteiger charge is -2.52. The average molecular weight is 271 g/mol. The van der Waals surface area contributed by atoms with Crippen molar-refractivity contribution in [2.75, 3.05) is 0 Å². The van der Waals surface area contributed by atoms with Crippen molar-refractivity contribution < 1.29 is 14.8 Å². The van der Waals surface area contributed by atoms with E-state index < -0.39 is 31.9 Å². The zero-order valence-corrected chi connectivity index (χ0v) is 10.1. The Labute approximate surface area is 107 Å². The van der Waals surface area contributed by atoms with E-state index in [4.69, 9.17) is 0 Å². The fourth-order valence-corrected chi connectivity index (χ4v) is 4.93. The van der Waals surface area contributed by atoms with Crippen LogP contribution in [0.2, 0.25) is 0 Å². The van der Waals surface area contributed by atoms with Gasteiger partial charge in [0.15, 0.2) is 0 Å². The number of nitro groups is 3. The van der Waals surface area contributed by atoms with Crippen molar-refractivity contribution in [1.82, 2.24) is 0 Å². The first-order valence-electron chi connectivity index (χ1n) is 6.28. The monoisotopic (exact) mass is 271 g/mol. The highest BCUT2D eigenvalue weighted by atomic mass is 16.7. The zero-order valence-electron chi connectivity index (χ0n) is 10.1. The fourth-order valence-electron chi connectivity index (χ4n) is 4.93. The summed E-state index contributed by atoms with van der Waals surface area (Å²) in [4.78, 5) is 31.6. The molecule has 0 radical (unpaired) electrons. The Morgan fingerprint density at radius 1 is 0.789 bits per heavy atom. The van der Waals surface area contributed by atoms with Gasteiger partial charge in [-0.1, -0.05) is 0 Å². The first-order chi connectivity index (χ1) is 8.84. The van der Waals surface area contributed by atoms with Crippen LogP contribution in [0.4, 0.5) is 0 Å². The minimum Gasteiger partial charge on any atom is -0.263 e. The first kappa shape index (κ1) is 12.2. The molecule has 0 aromatic rings.